The van der Waals surface area contributed by atoms with E-state index in [4.69, 9.17) is 4.74 Å². The molecule has 2 aromatic carbocycles. The molecule has 3 aromatic rings. The molecule has 0 N–H and O–H groups in total. The molecule has 1 heterocycles. The Balaban J connectivity index is 1.95. The molecule has 3 rings (SSSR count). The van der Waals surface area contributed by atoms with Gasteiger partial charge in [0.2, 0.25) is 5.01 Å². The molecule has 0 aliphatic carbocycles. The average Bonchev–Trinajstić information content (AvgIpc) is 3.11. The van der Waals surface area contributed by atoms with Crippen LogP contribution < -0.4 is 4.74 Å². The minimum Gasteiger partial charge on any atom is -0.461 e. The van der Waals surface area contributed by atoms with Crippen LogP contribution >= 0.6 is 11.3 Å². The molecule has 140 valence electrons. The lowest BCUT2D eigenvalue weighted by atomic mass is 10.0. The summed E-state index contributed by atoms with van der Waals surface area (Å²) >= 11 is 1.15. The van der Waals surface area contributed by atoms with Crippen molar-refractivity contribution in [1.82, 2.24) is 4.98 Å². The van der Waals surface area contributed by atoms with Crippen molar-refractivity contribution in [3.05, 3.63) is 58.9 Å². The van der Waals surface area contributed by atoms with Crippen LogP contribution in [0, 0.1) is 0 Å². The van der Waals surface area contributed by atoms with Crippen LogP contribution in [0.15, 0.2) is 53.9 Å². The molecular formula is C19H14F3NO3S. The third kappa shape index (κ3) is 4.65. The molecule has 0 saturated carbocycles. The minimum atomic E-state index is -4.78. The van der Waals surface area contributed by atoms with E-state index in [0.717, 1.165) is 11.3 Å². The summed E-state index contributed by atoms with van der Waals surface area (Å²) in [6.07, 6.45) is -4.78. The Bertz CT molecular complexity index is 953. The molecule has 4 nitrogen and oxygen atoms in total. The topological polar surface area (TPSA) is 48.4 Å². The molecule has 1 aromatic heterocycles. The van der Waals surface area contributed by atoms with Crippen molar-refractivity contribution in [1.29, 1.82) is 0 Å². The van der Waals surface area contributed by atoms with Gasteiger partial charge in [0.05, 0.1) is 12.3 Å². The van der Waals surface area contributed by atoms with Crippen molar-refractivity contribution in [2.24, 2.45) is 0 Å². The van der Waals surface area contributed by atoms with E-state index in [9.17, 15) is 18.0 Å². The highest BCUT2D eigenvalue weighted by Gasteiger charge is 2.32. The van der Waals surface area contributed by atoms with Crippen LogP contribution in [0.25, 0.3) is 22.4 Å². The first-order chi connectivity index (χ1) is 12.9. The summed E-state index contributed by atoms with van der Waals surface area (Å²) in [5.41, 5.74) is 2.05. The number of nitrogens with zero attached hydrogens (tertiary/aromatic N) is 1. The maximum atomic E-state index is 12.6. The van der Waals surface area contributed by atoms with Gasteiger partial charge in [-0.25, -0.2) is 9.78 Å². The predicted octanol–water partition coefficient (Wildman–Crippen LogP) is 5.55. The van der Waals surface area contributed by atoms with Crippen LogP contribution in [0.3, 0.4) is 0 Å². The second kappa shape index (κ2) is 7.79. The van der Waals surface area contributed by atoms with Gasteiger partial charge in [0.25, 0.3) is 0 Å². The lowest BCUT2D eigenvalue weighted by molar-refractivity contribution is -0.274. The van der Waals surface area contributed by atoms with Gasteiger partial charge in [0.15, 0.2) is 0 Å². The molecule has 0 spiro atoms. The number of hydrogen-bond donors (Lipinski definition) is 0. The van der Waals surface area contributed by atoms with Crippen molar-refractivity contribution >= 4 is 17.3 Å². The number of hydrogen-bond acceptors (Lipinski definition) is 5. The van der Waals surface area contributed by atoms with Gasteiger partial charge in [-0.15, -0.1) is 24.5 Å². The minimum absolute atomic E-state index is 0.220. The van der Waals surface area contributed by atoms with Gasteiger partial charge < -0.3 is 9.47 Å². The van der Waals surface area contributed by atoms with Crippen LogP contribution in [0.4, 0.5) is 13.2 Å². The molecule has 0 aliphatic heterocycles. The van der Waals surface area contributed by atoms with E-state index in [1.54, 1.807) is 48.7 Å². The second-order valence-corrected chi connectivity index (χ2v) is 6.24. The van der Waals surface area contributed by atoms with E-state index >= 15 is 0 Å². The van der Waals surface area contributed by atoms with Crippen molar-refractivity contribution in [2.45, 2.75) is 13.3 Å². The predicted molar refractivity (Wildman–Crippen MR) is 95.6 cm³/mol. The monoisotopic (exact) mass is 393 g/mol. The molecule has 0 radical (unpaired) electrons. The van der Waals surface area contributed by atoms with E-state index in [1.165, 1.54) is 12.1 Å². The molecule has 0 saturated heterocycles. The fraction of sp³-hybridized carbons (Fsp3) is 0.158. The van der Waals surface area contributed by atoms with Crippen molar-refractivity contribution in [3.63, 3.8) is 0 Å². The Labute approximate surface area is 157 Å². The highest BCUT2D eigenvalue weighted by molar-refractivity contribution is 7.11. The standard InChI is InChI=1S/C19H14F3NO3S/c1-2-25-18(24)17-23-15(11-27-17)13-7-5-6-12(10-13)14-8-3-4-9-16(14)26-19(20,21)22/h3-11H,2H2,1H3. The summed E-state index contributed by atoms with van der Waals surface area (Å²) in [6, 6.07) is 12.8. The van der Waals surface area contributed by atoms with Gasteiger partial charge in [-0.05, 0) is 24.6 Å². The van der Waals surface area contributed by atoms with Crippen LogP contribution in [0.5, 0.6) is 5.75 Å². The number of para-hydroxylation sites is 1. The second-order valence-electron chi connectivity index (χ2n) is 5.38. The normalized spacial score (nSPS) is 11.3. The van der Waals surface area contributed by atoms with E-state index in [-0.39, 0.29) is 17.4 Å². The number of aromatic nitrogens is 1. The smallest absolute Gasteiger partial charge is 0.461 e. The number of halogens is 3. The summed E-state index contributed by atoms with van der Waals surface area (Å²) in [5, 5.41) is 1.92. The van der Waals surface area contributed by atoms with Crippen molar-refractivity contribution in [2.75, 3.05) is 6.61 Å². The number of rotatable bonds is 5. The van der Waals surface area contributed by atoms with Gasteiger partial charge in [-0.1, -0.05) is 36.4 Å². The molecule has 0 aliphatic rings. The van der Waals surface area contributed by atoms with Gasteiger partial charge in [-0.3, -0.25) is 0 Å². The van der Waals surface area contributed by atoms with Gasteiger partial charge in [0, 0.05) is 16.5 Å². The van der Waals surface area contributed by atoms with Crippen LogP contribution in [-0.2, 0) is 4.74 Å². The van der Waals surface area contributed by atoms with Gasteiger partial charge >= 0.3 is 12.3 Å². The average molecular weight is 393 g/mol. The summed E-state index contributed by atoms with van der Waals surface area (Å²) in [7, 11) is 0. The van der Waals surface area contributed by atoms with E-state index < -0.39 is 12.3 Å². The third-order valence-electron chi connectivity index (χ3n) is 3.54. The fourth-order valence-corrected chi connectivity index (χ4v) is 3.18. The van der Waals surface area contributed by atoms with Gasteiger partial charge in [-0.2, -0.15) is 0 Å². The first-order valence-corrected chi connectivity index (χ1v) is 8.83. The zero-order chi connectivity index (χ0) is 19.4. The lowest BCUT2D eigenvalue weighted by Gasteiger charge is -2.13. The quantitative estimate of drug-likeness (QED) is 0.533. The number of alkyl halides is 3. The highest BCUT2D eigenvalue weighted by Crippen LogP contribution is 2.35. The maximum Gasteiger partial charge on any atom is 0.573 e. The first-order valence-electron chi connectivity index (χ1n) is 7.95. The zero-order valence-electron chi connectivity index (χ0n) is 14.1. The van der Waals surface area contributed by atoms with Crippen molar-refractivity contribution < 1.29 is 27.4 Å². The summed E-state index contributed by atoms with van der Waals surface area (Å²) < 4.78 is 47.0. The molecular weight excluding hydrogens is 379 g/mol. The summed E-state index contributed by atoms with van der Waals surface area (Å²) in [5.74, 6) is -0.790. The number of carbonyl (C=O) groups is 1. The molecule has 0 atom stereocenters. The number of thiazole rings is 1. The molecule has 0 fully saturated rings. The first kappa shape index (κ1) is 18.9. The fourth-order valence-electron chi connectivity index (χ4n) is 2.46. The van der Waals surface area contributed by atoms with Gasteiger partial charge in [0.1, 0.15) is 5.75 Å². The largest absolute Gasteiger partial charge is 0.573 e. The number of esters is 1. The highest BCUT2D eigenvalue weighted by atomic mass is 32.1. The Kier molecular flexibility index (Phi) is 5.46. The van der Waals surface area contributed by atoms with E-state index in [1.807, 2.05) is 0 Å². The van der Waals surface area contributed by atoms with E-state index in [2.05, 4.69) is 9.72 Å². The molecule has 27 heavy (non-hydrogen) atoms. The van der Waals surface area contributed by atoms with E-state index in [0.29, 0.717) is 22.4 Å². The maximum absolute atomic E-state index is 12.6. The number of benzene rings is 2. The van der Waals surface area contributed by atoms with Crippen LogP contribution in [0.2, 0.25) is 0 Å². The summed E-state index contributed by atoms with van der Waals surface area (Å²) in [4.78, 5) is 16.0. The Morgan fingerprint density at radius 1 is 1.11 bits per heavy atom. The Morgan fingerprint density at radius 3 is 2.59 bits per heavy atom. The SMILES string of the molecule is CCOC(=O)c1nc(-c2cccc(-c3ccccc3OC(F)(F)F)c2)cs1. The van der Waals surface area contributed by atoms with Crippen LogP contribution in [0.1, 0.15) is 16.7 Å². The Hall–Kier alpha value is -2.87. The molecule has 0 amide bonds. The molecule has 8 heteroatoms. The number of ether oxygens (including phenoxy) is 2. The third-order valence-corrected chi connectivity index (χ3v) is 4.36. The molecule has 0 bridgehead atoms. The lowest BCUT2D eigenvalue weighted by Crippen LogP contribution is -2.17. The molecule has 0 unspecified atom stereocenters. The Morgan fingerprint density at radius 2 is 1.85 bits per heavy atom. The number of carbonyl (C=O) groups excluding carboxylic acids is 1. The zero-order valence-corrected chi connectivity index (χ0v) is 14.9. The van der Waals surface area contributed by atoms with Crippen LogP contribution in [-0.4, -0.2) is 23.9 Å². The summed E-state index contributed by atoms with van der Waals surface area (Å²) in [6.45, 7) is 1.95. The van der Waals surface area contributed by atoms with Crippen molar-refractivity contribution in [3.8, 4) is 28.1 Å².